The van der Waals surface area contributed by atoms with Gasteiger partial charge in [0.1, 0.15) is 10.7 Å². The van der Waals surface area contributed by atoms with Crippen molar-refractivity contribution in [2.75, 3.05) is 11.8 Å². The third-order valence-electron chi connectivity index (χ3n) is 2.69. The molecule has 0 unspecified atom stereocenters. The van der Waals surface area contributed by atoms with Gasteiger partial charge in [-0.05, 0) is 19.2 Å². The van der Waals surface area contributed by atoms with E-state index < -0.39 is 20.7 Å². The van der Waals surface area contributed by atoms with Gasteiger partial charge in [-0.1, -0.05) is 15.9 Å². The number of nitrogens with one attached hydrogen (secondary N) is 2. The van der Waals surface area contributed by atoms with Gasteiger partial charge in [-0.15, -0.1) is 0 Å². The van der Waals surface area contributed by atoms with Crippen LogP contribution in [0.4, 0.5) is 10.1 Å². The van der Waals surface area contributed by atoms with Crippen molar-refractivity contribution in [3.63, 3.8) is 0 Å². The number of halogens is 2. The fraction of sp³-hybridized carbons (Fsp3) is 0.250. The lowest BCUT2D eigenvalue weighted by Crippen LogP contribution is -2.17. The molecule has 0 aliphatic carbocycles. The zero-order chi connectivity index (χ0) is 15.6. The number of hydrogen-bond donors (Lipinski definition) is 2. The maximum absolute atomic E-state index is 14.3. The van der Waals surface area contributed by atoms with Gasteiger partial charge in [0.15, 0.2) is 0 Å². The molecule has 2 aromatic rings. The van der Waals surface area contributed by atoms with Crippen LogP contribution >= 0.6 is 15.9 Å². The summed E-state index contributed by atoms with van der Waals surface area (Å²) in [7, 11) is -0.720. The molecule has 1 heterocycles. The van der Waals surface area contributed by atoms with Gasteiger partial charge in [0.25, 0.3) is 10.0 Å². The molecule has 6 nitrogen and oxygen atoms in total. The number of sulfonamides is 1. The van der Waals surface area contributed by atoms with Crippen molar-refractivity contribution in [1.29, 1.82) is 0 Å². The topological polar surface area (TPSA) is 76.0 Å². The number of aromatic nitrogens is 2. The van der Waals surface area contributed by atoms with Gasteiger partial charge in [-0.2, -0.15) is 5.10 Å². The summed E-state index contributed by atoms with van der Waals surface area (Å²) in [6.45, 7) is 0.223. The fourth-order valence-electron chi connectivity index (χ4n) is 1.82. The first kappa shape index (κ1) is 15.9. The number of aryl methyl sites for hydroxylation is 1. The van der Waals surface area contributed by atoms with E-state index in [1.165, 1.54) is 29.2 Å². The van der Waals surface area contributed by atoms with Crippen LogP contribution in [0.25, 0.3) is 0 Å². The smallest absolute Gasteiger partial charge is 0.264 e. The van der Waals surface area contributed by atoms with Crippen LogP contribution in [-0.4, -0.2) is 25.2 Å². The molecule has 0 saturated carbocycles. The highest BCUT2D eigenvalue weighted by atomic mass is 79.9. The molecule has 114 valence electrons. The summed E-state index contributed by atoms with van der Waals surface area (Å²) in [5.41, 5.74) is 0.533. The molecule has 21 heavy (non-hydrogen) atoms. The van der Waals surface area contributed by atoms with Crippen molar-refractivity contribution in [2.24, 2.45) is 7.05 Å². The first-order valence-electron chi connectivity index (χ1n) is 5.97. The molecule has 0 radical (unpaired) electrons. The number of anilines is 1. The van der Waals surface area contributed by atoms with E-state index in [1.807, 2.05) is 0 Å². The molecule has 0 saturated heterocycles. The van der Waals surface area contributed by atoms with Crippen LogP contribution in [0.3, 0.4) is 0 Å². The first-order chi connectivity index (χ1) is 9.83. The summed E-state index contributed by atoms with van der Waals surface area (Å²) >= 11 is 3.20. The predicted molar refractivity (Wildman–Crippen MR) is 80.9 cm³/mol. The molecule has 0 atom stereocenters. The van der Waals surface area contributed by atoms with Crippen LogP contribution < -0.4 is 10.0 Å². The summed E-state index contributed by atoms with van der Waals surface area (Å²) in [6, 6.07) is 2.77. The fourth-order valence-corrected chi connectivity index (χ4v) is 3.65. The quantitative estimate of drug-likeness (QED) is 0.834. The molecule has 1 aromatic carbocycles. The summed E-state index contributed by atoms with van der Waals surface area (Å²) < 4.78 is 43.2. The molecule has 2 N–H and O–H groups in total. The number of nitrogens with zero attached hydrogens (tertiary/aromatic N) is 2. The SMILES string of the molecule is CNCc1cc(Br)cc(S(=O)(=O)Nc2cnn(C)c2)c1F. The Morgan fingerprint density at radius 1 is 1.43 bits per heavy atom. The Morgan fingerprint density at radius 3 is 2.71 bits per heavy atom. The van der Waals surface area contributed by atoms with Gasteiger partial charge in [-0.25, -0.2) is 12.8 Å². The van der Waals surface area contributed by atoms with Gasteiger partial charge in [0.05, 0.1) is 11.9 Å². The van der Waals surface area contributed by atoms with Crippen LogP contribution in [0.1, 0.15) is 5.56 Å². The Morgan fingerprint density at radius 2 is 2.14 bits per heavy atom. The Labute approximate surface area is 130 Å². The molecule has 1 aromatic heterocycles. The molecule has 9 heteroatoms. The lowest BCUT2D eigenvalue weighted by Gasteiger charge is -2.11. The standard InChI is InChI=1S/C12H14BrFN4O2S/c1-15-5-8-3-9(13)4-11(12(8)14)21(19,20)17-10-6-16-18(2)7-10/h3-4,6-7,15,17H,5H2,1-2H3. The summed E-state index contributed by atoms with van der Waals surface area (Å²) in [5, 5.41) is 6.65. The number of benzene rings is 1. The van der Waals surface area contributed by atoms with E-state index in [1.54, 1.807) is 14.1 Å². The average Bonchev–Trinajstić information content (AvgIpc) is 2.78. The van der Waals surface area contributed by atoms with E-state index >= 15 is 0 Å². The molecule has 0 fully saturated rings. The summed E-state index contributed by atoms with van der Waals surface area (Å²) in [4.78, 5) is -0.411. The van der Waals surface area contributed by atoms with Crippen LogP contribution in [-0.2, 0) is 23.6 Å². The molecule has 0 aliphatic heterocycles. The maximum Gasteiger partial charge on any atom is 0.264 e. The second kappa shape index (κ2) is 6.12. The van der Waals surface area contributed by atoms with Crippen molar-refractivity contribution in [3.8, 4) is 0 Å². The molecule has 0 amide bonds. The van der Waals surface area contributed by atoms with Crippen molar-refractivity contribution >= 4 is 31.6 Å². The van der Waals surface area contributed by atoms with Gasteiger partial charge < -0.3 is 5.32 Å². The zero-order valence-corrected chi connectivity index (χ0v) is 13.8. The minimum Gasteiger partial charge on any atom is -0.316 e. The Balaban J connectivity index is 2.44. The molecule has 0 aliphatic rings. The van der Waals surface area contributed by atoms with E-state index in [0.29, 0.717) is 4.47 Å². The van der Waals surface area contributed by atoms with Crippen molar-refractivity contribution in [2.45, 2.75) is 11.4 Å². The normalized spacial score (nSPS) is 11.6. The molecular formula is C12H14BrFN4O2S. The predicted octanol–water partition coefficient (Wildman–Crippen LogP) is 1.84. The van der Waals surface area contributed by atoms with E-state index in [9.17, 15) is 12.8 Å². The lowest BCUT2D eigenvalue weighted by atomic mass is 10.2. The number of hydrogen-bond acceptors (Lipinski definition) is 4. The Hall–Kier alpha value is -1.45. The summed E-state index contributed by atoms with van der Waals surface area (Å²) in [5.74, 6) is -0.774. The Kier molecular flexibility index (Phi) is 4.64. The van der Waals surface area contributed by atoms with Crippen LogP contribution in [0.15, 0.2) is 33.9 Å². The van der Waals surface area contributed by atoms with Crippen LogP contribution in [0.5, 0.6) is 0 Å². The van der Waals surface area contributed by atoms with E-state index in [-0.39, 0.29) is 17.8 Å². The first-order valence-corrected chi connectivity index (χ1v) is 8.25. The summed E-state index contributed by atoms with van der Waals surface area (Å²) in [6.07, 6.45) is 2.84. The van der Waals surface area contributed by atoms with Gasteiger partial charge in [0, 0.05) is 29.8 Å². The second-order valence-electron chi connectivity index (χ2n) is 4.42. The third-order valence-corrected chi connectivity index (χ3v) is 4.53. The molecule has 2 rings (SSSR count). The minimum absolute atomic E-state index is 0.223. The highest BCUT2D eigenvalue weighted by Gasteiger charge is 2.22. The number of rotatable bonds is 5. The third kappa shape index (κ3) is 3.60. The van der Waals surface area contributed by atoms with Crippen molar-refractivity contribution < 1.29 is 12.8 Å². The van der Waals surface area contributed by atoms with Crippen molar-refractivity contribution in [3.05, 3.63) is 40.4 Å². The van der Waals surface area contributed by atoms with E-state index in [0.717, 1.165) is 0 Å². The van der Waals surface area contributed by atoms with Crippen molar-refractivity contribution in [1.82, 2.24) is 15.1 Å². The van der Waals surface area contributed by atoms with E-state index in [2.05, 4.69) is 31.1 Å². The largest absolute Gasteiger partial charge is 0.316 e. The monoisotopic (exact) mass is 376 g/mol. The van der Waals surface area contributed by atoms with Gasteiger partial charge in [0.2, 0.25) is 0 Å². The van der Waals surface area contributed by atoms with Crippen LogP contribution in [0.2, 0.25) is 0 Å². The van der Waals surface area contributed by atoms with Crippen LogP contribution in [0, 0.1) is 5.82 Å². The van der Waals surface area contributed by atoms with Gasteiger partial charge >= 0.3 is 0 Å². The van der Waals surface area contributed by atoms with Gasteiger partial charge in [-0.3, -0.25) is 9.40 Å². The zero-order valence-electron chi connectivity index (χ0n) is 11.4. The lowest BCUT2D eigenvalue weighted by molar-refractivity contribution is 0.555. The highest BCUT2D eigenvalue weighted by Crippen LogP contribution is 2.25. The second-order valence-corrected chi connectivity index (χ2v) is 6.98. The Bertz CT molecular complexity index is 761. The maximum atomic E-state index is 14.3. The average molecular weight is 377 g/mol. The van der Waals surface area contributed by atoms with E-state index in [4.69, 9.17) is 0 Å². The molecule has 0 bridgehead atoms. The highest BCUT2D eigenvalue weighted by molar-refractivity contribution is 9.10. The minimum atomic E-state index is -4.03. The molecule has 0 spiro atoms. The molecular weight excluding hydrogens is 363 g/mol.